The van der Waals surface area contributed by atoms with Crippen molar-refractivity contribution in [3.8, 4) is 11.5 Å². The Morgan fingerprint density at radius 3 is 2.88 bits per heavy atom. The van der Waals surface area contributed by atoms with Crippen LogP contribution in [0.5, 0.6) is 11.5 Å². The number of hydrogen-bond donors (Lipinski definition) is 1. The third kappa shape index (κ3) is 2.70. The second-order valence-electron chi connectivity index (χ2n) is 5.71. The zero-order valence-electron chi connectivity index (χ0n) is 12.8. The molecule has 2 aromatic rings. The van der Waals surface area contributed by atoms with Crippen LogP contribution in [0.15, 0.2) is 12.1 Å². The lowest BCUT2D eigenvalue weighted by molar-refractivity contribution is -0.119. The van der Waals surface area contributed by atoms with Gasteiger partial charge in [-0.15, -0.1) is 0 Å². The van der Waals surface area contributed by atoms with E-state index < -0.39 is 16.1 Å². The van der Waals surface area contributed by atoms with Gasteiger partial charge in [-0.3, -0.25) is 4.79 Å². The lowest BCUT2D eigenvalue weighted by atomic mass is 10.2. The first-order valence-electron chi connectivity index (χ1n) is 7.40. The number of ether oxygens (including phenoxy) is 2. The Hall–Kier alpha value is -1.91. The van der Waals surface area contributed by atoms with E-state index in [1.807, 2.05) is 6.07 Å². The van der Waals surface area contributed by atoms with Crippen LogP contribution in [0.1, 0.15) is 12.8 Å². The molecule has 1 N–H and O–H groups in total. The predicted octanol–water partition coefficient (Wildman–Crippen LogP) is 1.39. The number of anilines is 1. The Morgan fingerprint density at radius 1 is 1.38 bits per heavy atom. The van der Waals surface area contributed by atoms with E-state index in [-0.39, 0.29) is 12.7 Å². The molecule has 0 radical (unpaired) electrons. The van der Waals surface area contributed by atoms with Gasteiger partial charge in [0.15, 0.2) is 16.6 Å². The molecule has 24 heavy (non-hydrogen) atoms. The largest absolute Gasteiger partial charge is 0.454 e. The number of sulfonamides is 1. The molecule has 1 saturated heterocycles. The molecule has 0 aliphatic carbocycles. The van der Waals surface area contributed by atoms with Crippen molar-refractivity contribution in [1.29, 1.82) is 0 Å². The van der Waals surface area contributed by atoms with Crippen LogP contribution in [0.4, 0.5) is 5.13 Å². The highest BCUT2D eigenvalue weighted by Gasteiger charge is 2.36. The highest BCUT2D eigenvalue weighted by Crippen LogP contribution is 2.39. The topological polar surface area (TPSA) is 97.8 Å². The van der Waals surface area contributed by atoms with Gasteiger partial charge in [-0.25, -0.2) is 13.4 Å². The zero-order chi connectivity index (χ0) is 16.9. The first-order chi connectivity index (χ1) is 11.4. The van der Waals surface area contributed by atoms with Crippen LogP contribution in [-0.4, -0.2) is 49.2 Å². The maximum absolute atomic E-state index is 12.4. The summed E-state index contributed by atoms with van der Waals surface area (Å²) >= 11 is 1.31. The molecule has 128 valence electrons. The number of carbonyl (C=O) groups excluding carboxylic acids is 1. The number of nitrogens with zero attached hydrogens (tertiary/aromatic N) is 2. The van der Waals surface area contributed by atoms with Gasteiger partial charge in [0.2, 0.25) is 22.7 Å². The summed E-state index contributed by atoms with van der Waals surface area (Å²) in [6, 6.07) is 2.91. The number of benzene rings is 1. The summed E-state index contributed by atoms with van der Waals surface area (Å²) in [5.74, 6) is 0.935. The maximum Gasteiger partial charge on any atom is 0.244 e. The molecule has 1 aromatic heterocycles. The molecule has 10 heteroatoms. The van der Waals surface area contributed by atoms with Gasteiger partial charge in [-0.05, 0) is 12.8 Å². The molecule has 3 heterocycles. The summed E-state index contributed by atoms with van der Waals surface area (Å²) in [6.07, 6.45) is 2.31. The minimum absolute atomic E-state index is 0.194. The Balaban J connectivity index is 1.57. The van der Waals surface area contributed by atoms with Crippen molar-refractivity contribution in [2.24, 2.45) is 0 Å². The Bertz CT molecular complexity index is 883. The number of rotatable bonds is 3. The molecule has 1 aromatic carbocycles. The zero-order valence-corrected chi connectivity index (χ0v) is 14.4. The Morgan fingerprint density at radius 2 is 2.12 bits per heavy atom. The lowest BCUT2D eigenvalue weighted by Crippen LogP contribution is -2.42. The lowest BCUT2D eigenvalue weighted by Gasteiger charge is -2.20. The van der Waals surface area contributed by atoms with Gasteiger partial charge < -0.3 is 14.8 Å². The molecule has 8 nitrogen and oxygen atoms in total. The molecule has 1 amide bonds. The minimum Gasteiger partial charge on any atom is -0.454 e. The molecule has 4 rings (SSSR count). The van der Waals surface area contributed by atoms with Gasteiger partial charge >= 0.3 is 0 Å². The fourth-order valence-corrected chi connectivity index (χ4v) is 4.96. The van der Waals surface area contributed by atoms with Gasteiger partial charge in [0, 0.05) is 18.7 Å². The number of nitrogens with one attached hydrogen (secondary N) is 1. The second-order valence-corrected chi connectivity index (χ2v) is 8.68. The summed E-state index contributed by atoms with van der Waals surface area (Å²) in [5.41, 5.74) is 0.700. The molecule has 0 spiro atoms. The van der Waals surface area contributed by atoms with E-state index in [1.54, 1.807) is 6.07 Å². The highest BCUT2D eigenvalue weighted by atomic mass is 32.2. The quantitative estimate of drug-likeness (QED) is 0.878. The predicted molar refractivity (Wildman–Crippen MR) is 88.9 cm³/mol. The summed E-state index contributed by atoms with van der Waals surface area (Å²) in [7, 11) is -3.40. The molecular formula is C14H15N3O5S2. The monoisotopic (exact) mass is 369 g/mol. The first kappa shape index (κ1) is 15.6. The van der Waals surface area contributed by atoms with E-state index in [4.69, 9.17) is 9.47 Å². The van der Waals surface area contributed by atoms with Crippen LogP contribution < -0.4 is 14.8 Å². The van der Waals surface area contributed by atoms with Crippen LogP contribution in [0, 0.1) is 0 Å². The van der Waals surface area contributed by atoms with Crippen molar-refractivity contribution in [3.05, 3.63) is 12.1 Å². The third-order valence-corrected chi connectivity index (χ3v) is 6.27. The van der Waals surface area contributed by atoms with E-state index in [1.165, 1.54) is 15.6 Å². The van der Waals surface area contributed by atoms with Crippen molar-refractivity contribution >= 4 is 42.6 Å². The molecule has 0 unspecified atom stereocenters. The number of carbonyl (C=O) groups is 1. The van der Waals surface area contributed by atoms with Gasteiger partial charge in [-0.1, -0.05) is 11.3 Å². The second kappa shape index (κ2) is 5.57. The minimum atomic E-state index is -3.40. The van der Waals surface area contributed by atoms with Crippen LogP contribution in [0.25, 0.3) is 10.2 Å². The van der Waals surface area contributed by atoms with Crippen molar-refractivity contribution < 1.29 is 22.7 Å². The highest BCUT2D eigenvalue weighted by molar-refractivity contribution is 7.88. The number of thiazole rings is 1. The number of aromatic nitrogens is 1. The SMILES string of the molecule is CS(=O)(=O)N1CCC[C@@H]1C(=O)Nc1nc2cc3c(cc2s1)OCO3. The average molecular weight is 369 g/mol. The maximum atomic E-state index is 12.4. The van der Waals surface area contributed by atoms with Gasteiger partial charge in [0.05, 0.1) is 16.5 Å². The molecule has 1 fully saturated rings. The molecule has 1 atom stereocenters. The van der Waals surface area contributed by atoms with Crippen LogP contribution in [0.3, 0.4) is 0 Å². The number of amides is 1. The fraction of sp³-hybridized carbons (Fsp3) is 0.429. The molecule has 0 saturated carbocycles. The third-order valence-electron chi connectivity index (χ3n) is 4.05. The standard InChI is InChI=1S/C14H15N3O5S2/c1-24(19,20)17-4-2-3-9(17)13(18)16-14-15-8-5-10-11(22-7-21-10)6-12(8)23-14/h5-6,9H,2-4,7H2,1H3,(H,15,16,18)/t9-/m1/s1. The van der Waals surface area contributed by atoms with Crippen LogP contribution in [0.2, 0.25) is 0 Å². The number of hydrogen-bond acceptors (Lipinski definition) is 7. The summed E-state index contributed by atoms with van der Waals surface area (Å²) in [5, 5.41) is 3.16. The van der Waals surface area contributed by atoms with Gasteiger partial charge in [0.25, 0.3) is 0 Å². The molecule has 2 aliphatic heterocycles. The average Bonchev–Trinajstić information content (AvgIpc) is 3.21. The van der Waals surface area contributed by atoms with Gasteiger partial charge in [-0.2, -0.15) is 4.31 Å². The van der Waals surface area contributed by atoms with E-state index in [0.29, 0.717) is 41.5 Å². The summed E-state index contributed by atoms with van der Waals surface area (Å²) in [4.78, 5) is 16.8. The van der Waals surface area contributed by atoms with Crippen LogP contribution >= 0.6 is 11.3 Å². The van der Waals surface area contributed by atoms with Crippen molar-refractivity contribution in [3.63, 3.8) is 0 Å². The van der Waals surface area contributed by atoms with Crippen molar-refractivity contribution in [2.75, 3.05) is 24.9 Å². The van der Waals surface area contributed by atoms with Crippen molar-refractivity contribution in [1.82, 2.24) is 9.29 Å². The van der Waals surface area contributed by atoms with E-state index in [0.717, 1.165) is 11.0 Å². The first-order valence-corrected chi connectivity index (χ1v) is 10.1. The Labute approximate surface area is 142 Å². The normalized spacial score (nSPS) is 20.6. The molecule has 2 aliphatic rings. The van der Waals surface area contributed by atoms with Crippen molar-refractivity contribution in [2.45, 2.75) is 18.9 Å². The van der Waals surface area contributed by atoms with Gasteiger partial charge in [0.1, 0.15) is 6.04 Å². The summed E-state index contributed by atoms with van der Waals surface area (Å²) < 4.78 is 36.3. The van der Waals surface area contributed by atoms with Crippen LogP contribution in [-0.2, 0) is 14.8 Å². The smallest absolute Gasteiger partial charge is 0.244 e. The molecule has 0 bridgehead atoms. The summed E-state index contributed by atoms with van der Waals surface area (Å²) in [6.45, 7) is 0.567. The fourth-order valence-electron chi connectivity index (χ4n) is 2.96. The number of fused-ring (bicyclic) bond motifs is 2. The van der Waals surface area contributed by atoms with E-state index >= 15 is 0 Å². The Kier molecular flexibility index (Phi) is 3.62. The van der Waals surface area contributed by atoms with E-state index in [9.17, 15) is 13.2 Å². The molecular weight excluding hydrogens is 354 g/mol. The van der Waals surface area contributed by atoms with E-state index in [2.05, 4.69) is 10.3 Å².